The molecule has 19 heavy (non-hydrogen) atoms. The predicted octanol–water partition coefficient (Wildman–Crippen LogP) is 2.15. The molecule has 1 aromatic heterocycles. The first-order valence-electron chi connectivity index (χ1n) is 5.30. The SMILES string of the molecule is CC(c1noc(-c2cc(I)ccc2O)n1)S(C)(=O)=O. The average molecular weight is 394 g/mol. The number of phenols is 1. The third kappa shape index (κ3) is 3.06. The minimum absolute atomic E-state index is 0.00243. The van der Waals surface area contributed by atoms with E-state index in [2.05, 4.69) is 32.7 Å². The van der Waals surface area contributed by atoms with E-state index in [0.717, 1.165) is 9.83 Å². The molecule has 0 spiro atoms. The van der Waals surface area contributed by atoms with Gasteiger partial charge >= 0.3 is 0 Å². The molecule has 1 N–H and O–H groups in total. The van der Waals surface area contributed by atoms with E-state index in [0.29, 0.717) is 5.56 Å². The summed E-state index contributed by atoms with van der Waals surface area (Å²) in [5.41, 5.74) is 0.381. The Balaban J connectivity index is 2.44. The van der Waals surface area contributed by atoms with Crippen molar-refractivity contribution in [2.24, 2.45) is 0 Å². The van der Waals surface area contributed by atoms with Crippen molar-refractivity contribution in [2.45, 2.75) is 12.2 Å². The minimum atomic E-state index is -3.29. The van der Waals surface area contributed by atoms with Crippen LogP contribution in [0.1, 0.15) is 18.0 Å². The van der Waals surface area contributed by atoms with Crippen LogP contribution in [0.2, 0.25) is 0 Å². The molecule has 1 unspecified atom stereocenters. The Morgan fingerprint density at radius 2 is 2.11 bits per heavy atom. The average Bonchev–Trinajstić information content (AvgIpc) is 2.79. The normalized spacial score (nSPS) is 13.4. The van der Waals surface area contributed by atoms with Crippen molar-refractivity contribution < 1.29 is 18.0 Å². The quantitative estimate of drug-likeness (QED) is 0.802. The summed E-state index contributed by atoms with van der Waals surface area (Å²) in [4.78, 5) is 4.03. The van der Waals surface area contributed by atoms with Crippen molar-refractivity contribution >= 4 is 32.4 Å². The molecule has 0 aliphatic carbocycles. The molecule has 0 fully saturated rings. The Bertz CT molecular complexity index is 711. The molecule has 0 saturated heterocycles. The minimum Gasteiger partial charge on any atom is -0.507 e. The molecule has 1 heterocycles. The van der Waals surface area contributed by atoms with Crippen LogP contribution >= 0.6 is 22.6 Å². The third-order valence-electron chi connectivity index (χ3n) is 2.64. The van der Waals surface area contributed by atoms with Gasteiger partial charge in [0.1, 0.15) is 11.0 Å². The fourth-order valence-electron chi connectivity index (χ4n) is 1.38. The van der Waals surface area contributed by atoms with Crippen LogP contribution in [0.4, 0.5) is 0 Å². The molecule has 6 nitrogen and oxygen atoms in total. The smallest absolute Gasteiger partial charge is 0.261 e. The number of hydrogen-bond acceptors (Lipinski definition) is 6. The second-order valence-electron chi connectivity index (χ2n) is 4.09. The number of nitrogens with zero attached hydrogens (tertiary/aromatic N) is 2. The van der Waals surface area contributed by atoms with E-state index in [-0.39, 0.29) is 17.5 Å². The fraction of sp³-hybridized carbons (Fsp3) is 0.273. The van der Waals surface area contributed by atoms with Crippen LogP contribution in [0.15, 0.2) is 22.7 Å². The zero-order valence-electron chi connectivity index (χ0n) is 10.2. The summed E-state index contributed by atoms with van der Waals surface area (Å²) in [6, 6.07) is 4.93. The molecule has 0 radical (unpaired) electrons. The lowest BCUT2D eigenvalue weighted by molar-refractivity contribution is 0.416. The van der Waals surface area contributed by atoms with Gasteiger partial charge in [0, 0.05) is 9.83 Å². The number of rotatable bonds is 3. The van der Waals surface area contributed by atoms with Crippen LogP contribution in [-0.2, 0) is 9.84 Å². The number of aromatic nitrogens is 2. The first-order chi connectivity index (χ1) is 8.79. The first kappa shape index (κ1) is 14.3. The highest BCUT2D eigenvalue weighted by Crippen LogP contribution is 2.30. The van der Waals surface area contributed by atoms with Gasteiger partial charge in [0.25, 0.3) is 5.89 Å². The number of phenolic OH excluding ortho intramolecular Hbond substituents is 1. The van der Waals surface area contributed by atoms with E-state index in [1.165, 1.54) is 13.0 Å². The van der Waals surface area contributed by atoms with Crippen molar-refractivity contribution in [1.29, 1.82) is 0 Å². The molecule has 0 bridgehead atoms. The molecule has 1 aromatic carbocycles. The first-order valence-corrected chi connectivity index (χ1v) is 8.33. The van der Waals surface area contributed by atoms with Gasteiger partial charge in [-0.25, -0.2) is 8.42 Å². The largest absolute Gasteiger partial charge is 0.507 e. The number of hydrogen-bond donors (Lipinski definition) is 1. The Morgan fingerprint density at radius 3 is 2.74 bits per heavy atom. The van der Waals surface area contributed by atoms with Gasteiger partial charge in [-0.1, -0.05) is 5.16 Å². The van der Waals surface area contributed by atoms with E-state index < -0.39 is 15.1 Å². The van der Waals surface area contributed by atoms with Gasteiger partial charge < -0.3 is 9.63 Å². The number of sulfone groups is 1. The summed E-state index contributed by atoms with van der Waals surface area (Å²) < 4.78 is 28.8. The van der Waals surface area contributed by atoms with Crippen LogP contribution in [0, 0.1) is 3.57 Å². The molecule has 1 atom stereocenters. The molecule has 2 aromatic rings. The lowest BCUT2D eigenvalue weighted by Gasteiger charge is -2.02. The Hall–Kier alpha value is -1.16. The Labute approximate surface area is 123 Å². The molecule has 0 aliphatic rings. The highest BCUT2D eigenvalue weighted by molar-refractivity contribution is 14.1. The third-order valence-corrected chi connectivity index (χ3v) is 4.80. The highest BCUT2D eigenvalue weighted by atomic mass is 127. The van der Waals surface area contributed by atoms with Gasteiger partial charge in [0.05, 0.1) is 5.56 Å². The molecule has 0 amide bonds. The van der Waals surface area contributed by atoms with E-state index >= 15 is 0 Å². The molecule has 0 aliphatic heterocycles. The van der Waals surface area contributed by atoms with E-state index in [1.807, 2.05) is 0 Å². The van der Waals surface area contributed by atoms with Gasteiger partial charge in [0.15, 0.2) is 15.7 Å². The van der Waals surface area contributed by atoms with Crippen molar-refractivity contribution in [3.05, 3.63) is 27.6 Å². The van der Waals surface area contributed by atoms with Gasteiger partial charge in [-0.15, -0.1) is 0 Å². The van der Waals surface area contributed by atoms with E-state index in [1.54, 1.807) is 12.1 Å². The summed E-state index contributed by atoms with van der Waals surface area (Å²) in [6.45, 7) is 1.48. The fourth-order valence-corrected chi connectivity index (χ4v) is 2.35. The van der Waals surface area contributed by atoms with Crippen molar-refractivity contribution in [3.8, 4) is 17.2 Å². The second kappa shape index (κ2) is 5.08. The molecule has 2 rings (SSSR count). The van der Waals surface area contributed by atoms with Gasteiger partial charge in [0.2, 0.25) is 0 Å². The second-order valence-corrected chi connectivity index (χ2v) is 7.70. The van der Waals surface area contributed by atoms with Crippen molar-refractivity contribution in [1.82, 2.24) is 10.1 Å². The summed E-state index contributed by atoms with van der Waals surface area (Å²) >= 11 is 2.09. The Kier molecular flexibility index (Phi) is 3.81. The summed E-state index contributed by atoms with van der Waals surface area (Å²) in [5, 5.41) is 12.5. The topological polar surface area (TPSA) is 93.3 Å². The number of benzene rings is 1. The molecule has 0 saturated carbocycles. The molecular formula is C11H11IN2O4S. The zero-order valence-corrected chi connectivity index (χ0v) is 13.1. The summed E-state index contributed by atoms with van der Waals surface area (Å²) in [6.07, 6.45) is 1.11. The number of halogens is 1. The lowest BCUT2D eigenvalue weighted by Crippen LogP contribution is -2.09. The van der Waals surface area contributed by atoms with Crippen molar-refractivity contribution in [3.63, 3.8) is 0 Å². The van der Waals surface area contributed by atoms with Crippen LogP contribution in [0.5, 0.6) is 5.75 Å². The zero-order chi connectivity index (χ0) is 14.2. The maximum absolute atomic E-state index is 11.4. The summed E-state index contributed by atoms with van der Waals surface area (Å²) in [5.74, 6) is 0.180. The maximum Gasteiger partial charge on any atom is 0.261 e. The lowest BCUT2D eigenvalue weighted by atomic mass is 10.2. The van der Waals surface area contributed by atoms with E-state index in [9.17, 15) is 13.5 Å². The van der Waals surface area contributed by atoms with Crippen LogP contribution in [0.25, 0.3) is 11.5 Å². The van der Waals surface area contributed by atoms with Crippen LogP contribution in [-0.4, -0.2) is 29.9 Å². The number of aromatic hydroxyl groups is 1. The molecule has 102 valence electrons. The van der Waals surface area contributed by atoms with Crippen LogP contribution in [0.3, 0.4) is 0 Å². The molecule has 8 heteroatoms. The standard InChI is InChI=1S/C11H11IN2O4S/c1-6(19(2,16)17)10-13-11(18-14-10)8-5-7(12)3-4-9(8)15/h3-6,15H,1-2H3. The summed E-state index contributed by atoms with van der Waals surface area (Å²) in [7, 11) is -3.29. The van der Waals surface area contributed by atoms with E-state index in [4.69, 9.17) is 4.52 Å². The highest BCUT2D eigenvalue weighted by Gasteiger charge is 2.24. The Morgan fingerprint density at radius 1 is 1.42 bits per heavy atom. The molecular weight excluding hydrogens is 383 g/mol. The van der Waals surface area contributed by atoms with Crippen LogP contribution < -0.4 is 0 Å². The van der Waals surface area contributed by atoms with Gasteiger partial charge in [-0.05, 0) is 47.7 Å². The van der Waals surface area contributed by atoms with Gasteiger partial charge in [-0.3, -0.25) is 0 Å². The van der Waals surface area contributed by atoms with Gasteiger partial charge in [-0.2, -0.15) is 4.98 Å². The van der Waals surface area contributed by atoms with Crippen molar-refractivity contribution in [2.75, 3.05) is 6.26 Å². The monoisotopic (exact) mass is 394 g/mol. The predicted molar refractivity (Wildman–Crippen MR) is 77.4 cm³/mol. The maximum atomic E-state index is 11.4.